The number of hydrogen-bond acceptors (Lipinski definition) is 12. The summed E-state index contributed by atoms with van der Waals surface area (Å²) in [5, 5.41) is 9.47. The lowest BCUT2D eigenvalue weighted by Gasteiger charge is -2.21. The summed E-state index contributed by atoms with van der Waals surface area (Å²) in [6.07, 6.45) is 8.46. The smallest absolute Gasteiger partial charge is 0.125 e. The van der Waals surface area contributed by atoms with Crippen LogP contribution in [0.15, 0.2) is 96.2 Å². The van der Waals surface area contributed by atoms with Crippen molar-refractivity contribution < 1.29 is 0 Å². The van der Waals surface area contributed by atoms with E-state index in [1.54, 1.807) is 45.3 Å². The van der Waals surface area contributed by atoms with Crippen LogP contribution in [0.5, 0.6) is 0 Å². The number of hydrogen-bond donors (Lipinski definition) is 2. The van der Waals surface area contributed by atoms with Gasteiger partial charge in [0.05, 0.1) is 42.8 Å². The molecule has 2 N–H and O–H groups in total. The lowest BCUT2D eigenvalue weighted by atomic mass is 10.1. The highest BCUT2D eigenvalue weighted by molar-refractivity contribution is 7.20. The maximum atomic E-state index is 4.61. The van der Waals surface area contributed by atoms with Crippen LogP contribution in [0.3, 0.4) is 0 Å². The summed E-state index contributed by atoms with van der Waals surface area (Å²) in [6, 6.07) is 22.2. The number of fused-ring (bicyclic) bond motifs is 4. The van der Waals surface area contributed by atoms with E-state index >= 15 is 0 Å². The average molecular weight is 771 g/mol. The molecule has 2 unspecified atom stereocenters. The lowest BCUT2D eigenvalue weighted by molar-refractivity contribution is 0.307. The Morgan fingerprint density at radius 1 is 0.660 bits per heavy atom. The topological polar surface area (TPSA) is 82.1 Å². The van der Waals surface area contributed by atoms with Gasteiger partial charge in [0.2, 0.25) is 0 Å². The summed E-state index contributed by atoms with van der Waals surface area (Å²) in [6.45, 7) is 9.91. The molecule has 12 heteroatoms. The Labute approximate surface area is 324 Å². The molecule has 8 nitrogen and oxygen atoms in total. The highest BCUT2D eigenvalue weighted by Gasteiger charge is 2.25. The molecule has 2 aliphatic rings. The second-order valence-electron chi connectivity index (χ2n) is 13.4. The second kappa shape index (κ2) is 14.3. The minimum Gasteiger partial charge on any atom is -0.355 e. The predicted octanol–water partition coefficient (Wildman–Crippen LogP) is 11.1. The van der Waals surface area contributed by atoms with Gasteiger partial charge in [-0.3, -0.25) is 9.80 Å². The Hall–Kier alpha value is -4.56. The van der Waals surface area contributed by atoms with E-state index in [4.69, 9.17) is 0 Å². The second-order valence-corrected chi connectivity index (χ2v) is 17.2. The quantitative estimate of drug-likeness (QED) is 0.166. The van der Waals surface area contributed by atoms with Crippen LogP contribution in [0, 0.1) is 0 Å². The number of likely N-dealkylation sites (N-methyl/N-ethyl adjacent to an activating group) is 2. The zero-order valence-electron chi connectivity index (χ0n) is 29.8. The van der Waals surface area contributed by atoms with Crippen LogP contribution in [-0.2, 0) is 0 Å². The summed E-state index contributed by atoms with van der Waals surface area (Å²) in [7, 11) is 2.17. The van der Waals surface area contributed by atoms with E-state index in [9.17, 15) is 0 Å². The van der Waals surface area contributed by atoms with Gasteiger partial charge in [-0.2, -0.15) is 0 Å². The van der Waals surface area contributed by atoms with E-state index in [-0.39, 0.29) is 0 Å². The summed E-state index contributed by atoms with van der Waals surface area (Å²) < 4.78 is 2.42. The molecule has 8 aromatic rings. The van der Waals surface area contributed by atoms with E-state index in [0.717, 1.165) is 63.1 Å². The molecule has 10 rings (SSSR count). The summed E-state index contributed by atoms with van der Waals surface area (Å²) in [4.78, 5) is 27.7. The molecule has 0 fully saturated rings. The Bertz CT molecular complexity index is 2660. The summed E-state index contributed by atoms with van der Waals surface area (Å²) >= 11 is 6.89. The lowest BCUT2D eigenvalue weighted by Crippen LogP contribution is -2.28. The number of benzene rings is 2. The number of pyridine rings is 2. The van der Waals surface area contributed by atoms with Gasteiger partial charge in [0.1, 0.15) is 9.66 Å². The summed E-state index contributed by atoms with van der Waals surface area (Å²) in [5.74, 6) is 0. The van der Waals surface area contributed by atoms with Crippen molar-refractivity contribution in [1.82, 2.24) is 29.7 Å². The van der Waals surface area contributed by atoms with Gasteiger partial charge in [0, 0.05) is 69.5 Å². The van der Waals surface area contributed by atoms with Crippen LogP contribution in [0.25, 0.3) is 52.0 Å². The van der Waals surface area contributed by atoms with Crippen LogP contribution in [0.1, 0.15) is 30.5 Å². The van der Waals surface area contributed by atoms with Crippen molar-refractivity contribution in [3.8, 4) is 0 Å². The molecule has 2 aliphatic heterocycles. The normalized spacial score (nSPS) is 17.8. The number of anilines is 4. The van der Waals surface area contributed by atoms with Crippen LogP contribution in [0.2, 0.25) is 0 Å². The molecule has 266 valence electrons. The molecule has 2 aromatic carbocycles. The third-order valence-corrected chi connectivity index (χ3v) is 14.1. The van der Waals surface area contributed by atoms with Crippen molar-refractivity contribution in [2.24, 2.45) is 0 Å². The fourth-order valence-corrected chi connectivity index (χ4v) is 10.7. The fourth-order valence-electron chi connectivity index (χ4n) is 7.13. The first-order valence-electron chi connectivity index (χ1n) is 17.7. The number of thiazole rings is 2. The van der Waals surface area contributed by atoms with Crippen molar-refractivity contribution >= 4 is 120 Å². The molecular weight excluding hydrogens is 733 g/mol. The van der Waals surface area contributed by atoms with Gasteiger partial charge in [0.25, 0.3) is 0 Å². The molecule has 0 aliphatic carbocycles. The summed E-state index contributed by atoms with van der Waals surface area (Å²) in [5.41, 5.74) is 13.0. The van der Waals surface area contributed by atoms with Crippen LogP contribution < -0.4 is 10.6 Å². The molecule has 2 atom stereocenters. The van der Waals surface area contributed by atoms with E-state index in [2.05, 4.69) is 135 Å². The van der Waals surface area contributed by atoms with Crippen molar-refractivity contribution in [3.05, 3.63) is 106 Å². The largest absolute Gasteiger partial charge is 0.355 e. The number of aromatic nitrogens is 4. The van der Waals surface area contributed by atoms with Crippen LogP contribution >= 0.6 is 45.3 Å². The molecule has 0 spiro atoms. The minimum atomic E-state index is 0.451. The molecule has 53 heavy (non-hydrogen) atoms. The predicted molar refractivity (Wildman–Crippen MR) is 230 cm³/mol. The van der Waals surface area contributed by atoms with Crippen molar-refractivity contribution in [2.45, 2.75) is 32.9 Å². The third kappa shape index (κ3) is 6.64. The molecule has 6 aromatic heterocycles. The monoisotopic (exact) mass is 770 g/mol. The van der Waals surface area contributed by atoms with Crippen LogP contribution in [-0.4, -0.2) is 68.5 Å². The van der Waals surface area contributed by atoms with Gasteiger partial charge < -0.3 is 10.6 Å². The van der Waals surface area contributed by atoms with Gasteiger partial charge in [-0.1, -0.05) is 19.1 Å². The number of thiophene rings is 2. The maximum absolute atomic E-state index is 4.61. The van der Waals surface area contributed by atoms with Crippen molar-refractivity contribution in [1.29, 1.82) is 0 Å². The SMILES string of the molecule is CC1C(c2cc3c(Nc4ccc5scnc5c4)ccnc3s2)=CCN1C.CCN1CC=C(c2cc3c(Nc4ccc5scnc5c4)ccnc3s2)C1C. The van der Waals surface area contributed by atoms with Gasteiger partial charge >= 0.3 is 0 Å². The highest BCUT2D eigenvalue weighted by atomic mass is 32.1. The minimum absolute atomic E-state index is 0.451. The van der Waals surface area contributed by atoms with Crippen LogP contribution in [0.4, 0.5) is 22.7 Å². The Balaban J connectivity index is 0.000000141. The first-order valence-corrected chi connectivity index (χ1v) is 21.1. The molecule has 8 heterocycles. The average Bonchev–Trinajstić information content (AvgIpc) is 4.02. The molecule has 0 bridgehead atoms. The Kier molecular flexibility index (Phi) is 9.27. The Morgan fingerprint density at radius 2 is 1.19 bits per heavy atom. The van der Waals surface area contributed by atoms with Gasteiger partial charge in [-0.25, -0.2) is 19.9 Å². The first-order chi connectivity index (χ1) is 25.9. The molecule has 0 saturated carbocycles. The van der Waals surface area contributed by atoms with E-state index in [1.807, 2.05) is 29.5 Å². The molecule has 0 radical (unpaired) electrons. The number of nitrogens with one attached hydrogen (secondary N) is 2. The van der Waals surface area contributed by atoms with Gasteiger partial charge in [0.15, 0.2) is 0 Å². The van der Waals surface area contributed by atoms with E-state index in [0.29, 0.717) is 12.1 Å². The van der Waals surface area contributed by atoms with E-state index in [1.165, 1.54) is 41.1 Å². The molecule has 0 saturated heterocycles. The number of rotatable bonds is 7. The third-order valence-electron chi connectivity index (χ3n) is 10.3. The van der Waals surface area contributed by atoms with Crippen molar-refractivity contribution in [2.75, 3.05) is 37.3 Å². The number of nitrogens with zero attached hydrogens (tertiary/aromatic N) is 6. The molecular formula is C41H38N8S4. The standard InChI is InChI=1S/C21H20N4S2.C20H18N4S2/c1-3-25-9-7-15(13(25)2)20-11-16-17(6-8-22-21(16)27-20)24-14-4-5-19-18(10-14)23-12-26-19;1-12-14(6-8-24(12)2)19-10-15-16(5-7-21-20(15)26-19)23-13-3-4-18-17(9-13)22-11-25-18/h4-8,10-13H,3,9H2,1-2H3,(H,22,24);3-7,9-12H,8H2,1-2H3,(H,21,23). The fraction of sp³-hybridized carbons (Fsp3) is 0.220. The van der Waals surface area contributed by atoms with Gasteiger partial charge in [-0.15, -0.1) is 45.3 Å². The van der Waals surface area contributed by atoms with Gasteiger partial charge in [-0.05, 0) is 99.2 Å². The van der Waals surface area contributed by atoms with Crippen molar-refractivity contribution in [3.63, 3.8) is 0 Å². The Morgan fingerprint density at radius 3 is 1.68 bits per heavy atom. The maximum Gasteiger partial charge on any atom is 0.125 e. The zero-order valence-corrected chi connectivity index (χ0v) is 33.1. The molecule has 0 amide bonds. The zero-order chi connectivity index (χ0) is 36.1. The highest BCUT2D eigenvalue weighted by Crippen LogP contribution is 2.40. The first kappa shape index (κ1) is 34.2. The van der Waals surface area contributed by atoms with E-state index < -0.39 is 0 Å².